The second-order valence-corrected chi connectivity index (χ2v) is 6.57. The Balaban J connectivity index is 1.84. The number of aliphatic hydroxyl groups excluding tert-OH is 1. The standard InChI is InChI=1S/C17H24N4O2/c1-17(2,3)15(22)12-19-16(23)18-11-13-6-4-7-14(10-13)21-9-5-8-20-21/h4-10,15,22H,11-12H2,1-3H3,(H2,18,19,23). The minimum Gasteiger partial charge on any atom is -0.391 e. The van der Waals surface area contributed by atoms with E-state index in [4.69, 9.17) is 0 Å². The molecule has 1 unspecified atom stereocenters. The lowest BCUT2D eigenvalue weighted by molar-refractivity contribution is 0.0650. The number of rotatable bonds is 5. The number of carbonyl (C=O) groups excluding carboxylic acids is 1. The number of nitrogens with zero attached hydrogens (tertiary/aromatic N) is 2. The van der Waals surface area contributed by atoms with Crippen LogP contribution in [-0.2, 0) is 6.54 Å². The number of benzene rings is 1. The van der Waals surface area contributed by atoms with Gasteiger partial charge in [0.2, 0.25) is 0 Å². The van der Waals surface area contributed by atoms with E-state index in [1.54, 1.807) is 10.9 Å². The maximum atomic E-state index is 11.8. The van der Waals surface area contributed by atoms with Gasteiger partial charge in [-0.15, -0.1) is 0 Å². The van der Waals surface area contributed by atoms with Crippen molar-refractivity contribution < 1.29 is 9.90 Å². The van der Waals surface area contributed by atoms with Gasteiger partial charge in [0.15, 0.2) is 0 Å². The highest BCUT2D eigenvalue weighted by Crippen LogP contribution is 2.18. The van der Waals surface area contributed by atoms with Crippen LogP contribution in [0.5, 0.6) is 0 Å². The SMILES string of the molecule is CC(C)(C)C(O)CNC(=O)NCc1cccc(-n2cccn2)c1. The molecule has 6 heteroatoms. The zero-order valence-corrected chi connectivity index (χ0v) is 13.8. The highest BCUT2D eigenvalue weighted by atomic mass is 16.3. The first-order valence-corrected chi connectivity index (χ1v) is 7.65. The molecule has 0 saturated carbocycles. The number of hydrogen-bond acceptors (Lipinski definition) is 3. The van der Waals surface area contributed by atoms with E-state index in [1.807, 2.05) is 57.3 Å². The van der Waals surface area contributed by atoms with Crippen molar-refractivity contribution in [2.24, 2.45) is 5.41 Å². The molecule has 2 rings (SSSR count). The van der Waals surface area contributed by atoms with E-state index in [-0.39, 0.29) is 18.0 Å². The van der Waals surface area contributed by atoms with Gasteiger partial charge >= 0.3 is 6.03 Å². The molecule has 3 N–H and O–H groups in total. The highest BCUT2D eigenvalue weighted by molar-refractivity contribution is 5.73. The van der Waals surface area contributed by atoms with Crippen molar-refractivity contribution in [3.8, 4) is 5.69 Å². The van der Waals surface area contributed by atoms with Gasteiger partial charge in [0.25, 0.3) is 0 Å². The summed E-state index contributed by atoms with van der Waals surface area (Å²) in [6.45, 7) is 6.42. The van der Waals surface area contributed by atoms with Crippen LogP contribution in [0.15, 0.2) is 42.7 Å². The number of aliphatic hydroxyl groups is 1. The molecule has 2 aromatic rings. The van der Waals surface area contributed by atoms with Crippen molar-refractivity contribution in [2.75, 3.05) is 6.54 Å². The third-order valence-electron chi connectivity index (χ3n) is 3.59. The molecular formula is C17H24N4O2. The molecule has 0 radical (unpaired) electrons. The molecule has 0 aliphatic rings. The normalized spacial score (nSPS) is 12.7. The summed E-state index contributed by atoms with van der Waals surface area (Å²) >= 11 is 0. The smallest absolute Gasteiger partial charge is 0.315 e. The van der Waals surface area contributed by atoms with Gasteiger partial charge in [-0.05, 0) is 29.2 Å². The average molecular weight is 316 g/mol. The molecule has 0 saturated heterocycles. The first-order chi connectivity index (χ1) is 10.9. The van der Waals surface area contributed by atoms with Gasteiger partial charge in [0.1, 0.15) is 0 Å². The number of hydrogen-bond donors (Lipinski definition) is 3. The number of amides is 2. The quantitative estimate of drug-likeness (QED) is 0.790. The Labute approximate surface area is 136 Å². The Morgan fingerprint density at radius 1 is 1.30 bits per heavy atom. The summed E-state index contributed by atoms with van der Waals surface area (Å²) in [5, 5.41) is 19.6. The molecule has 124 valence electrons. The lowest BCUT2D eigenvalue weighted by Gasteiger charge is -2.25. The van der Waals surface area contributed by atoms with Crippen LogP contribution in [0.25, 0.3) is 5.69 Å². The van der Waals surface area contributed by atoms with E-state index in [0.717, 1.165) is 11.3 Å². The molecular weight excluding hydrogens is 292 g/mol. The van der Waals surface area contributed by atoms with Crippen LogP contribution in [0.3, 0.4) is 0 Å². The van der Waals surface area contributed by atoms with Crippen LogP contribution in [-0.4, -0.2) is 33.6 Å². The summed E-state index contributed by atoms with van der Waals surface area (Å²) in [5.74, 6) is 0. The van der Waals surface area contributed by atoms with Crippen molar-refractivity contribution in [2.45, 2.75) is 33.4 Å². The Hall–Kier alpha value is -2.34. The molecule has 1 aromatic heterocycles. The second-order valence-electron chi connectivity index (χ2n) is 6.57. The van der Waals surface area contributed by atoms with E-state index in [0.29, 0.717) is 6.54 Å². The summed E-state index contributed by atoms with van der Waals surface area (Å²) in [5.41, 5.74) is 1.66. The Kier molecular flexibility index (Phi) is 5.39. The molecule has 0 fully saturated rings. The molecule has 1 aromatic carbocycles. The van der Waals surface area contributed by atoms with Gasteiger partial charge in [0.05, 0.1) is 11.8 Å². The summed E-state index contributed by atoms with van der Waals surface area (Å²) in [7, 11) is 0. The molecule has 0 aliphatic carbocycles. The van der Waals surface area contributed by atoms with Crippen molar-refractivity contribution in [3.05, 3.63) is 48.3 Å². The summed E-state index contributed by atoms with van der Waals surface area (Å²) in [4.78, 5) is 11.8. The van der Waals surface area contributed by atoms with Gasteiger partial charge in [-0.25, -0.2) is 9.48 Å². The summed E-state index contributed by atoms with van der Waals surface area (Å²) in [6.07, 6.45) is 3.00. The molecule has 2 amide bonds. The molecule has 0 spiro atoms. The largest absolute Gasteiger partial charge is 0.391 e. The monoisotopic (exact) mass is 316 g/mol. The maximum Gasteiger partial charge on any atom is 0.315 e. The van der Waals surface area contributed by atoms with Crippen LogP contribution < -0.4 is 10.6 Å². The number of urea groups is 1. The van der Waals surface area contributed by atoms with Gasteiger partial charge in [-0.1, -0.05) is 32.9 Å². The fourth-order valence-electron chi connectivity index (χ4n) is 1.97. The van der Waals surface area contributed by atoms with Crippen molar-refractivity contribution in [3.63, 3.8) is 0 Å². The van der Waals surface area contributed by atoms with Gasteiger partial charge in [-0.2, -0.15) is 5.10 Å². The Bertz CT molecular complexity index is 632. The molecule has 0 aliphatic heterocycles. The Morgan fingerprint density at radius 2 is 2.09 bits per heavy atom. The number of carbonyl (C=O) groups is 1. The van der Waals surface area contributed by atoms with E-state index < -0.39 is 6.10 Å². The van der Waals surface area contributed by atoms with E-state index in [1.165, 1.54) is 0 Å². The van der Waals surface area contributed by atoms with Crippen molar-refractivity contribution in [1.29, 1.82) is 0 Å². The summed E-state index contributed by atoms with van der Waals surface area (Å²) < 4.78 is 1.77. The van der Waals surface area contributed by atoms with E-state index in [2.05, 4.69) is 15.7 Å². The summed E-state index contributed by atoms with van der Waals surface area (Å²) in [6, 6.07) is 9.36. The topological polar surface area (TPSA) is 79.2 Å². The molecule has 1 heterocycles. The second kappa shape index (κ2) is 7.28. The lowest BCUT2D eigenvalue weighted by Crippen LogP contribution is -2.43. The van der Waals surface area contributed by atoms with Crippen LogP contribution in [0, 0.1) is 5.41 Å². The molecule has 6 nitrogen and oxygen atoms in total. The average Bonchev–Trinajstić information content (AvgIpc) is 3.04. The molecule has 23 heavy (non-hydrogen) atoms. The van der Waals surface area contributed by atoms with Crippen molar-refractivity contribution >= 4 is 6.03 Å². The van der Waals surface area contributed by atoms with Gasteiger partial charge in [0, 0.05) is 25.5 Å². The third-order valence-corrected chi connectivity index (χ3v) is 3.59. The fraction of sp³-hybridized carbons (Fsp3) is 0.412. The third kappa shape index (κ3) is 5.10. The van der Waals surface area contributed by atoms with Crippen molar-refractivity contribution in [1.82, 2.24) is 20.4 Å². The fourth-order valence-corrected chi connectivity index (χ4v) is 1.97. The maximum absolute atomic E-state index is 11.8. The highest BCUT2D eigenvalue weighted by Gasteiger charge is 2.22. The van der Waals surface area contributed by atoms with E-state index >= 15 is 0 Å². The minimum absolute atomic E-state index is 0.225. The lowest BCUT2D eigenvalue weighted by atomic mass is 9.89. The van der Waals surface area contributed by atoms with Crippen LogP contribution >= 0.6 is 0 Å². The first kappa shape index (κ1) is 17.0. The van der Waals surface area contributed by atoms with Crippen LogP contribution in [0.2, 0.25) is 0 Å². The Morgan fingerprint density at radius 3 is 2.74 bits per heavy atom. The molecule has 0 bridgehead atoms. The number of aromatic nitrogens is 2. The predicted octanol–water partition coefficient (Wildman–Crippen LogP) is 2.08. The number of nitrogens with one attached hydrogen (secondary N) is 2. The zero-order valence-electron chi connectivity index (χ0n) is 13.8. The van der Waals surface area contributed by atoms with E-state index in [9.17, 15) is 9.90 Å². The first-order valence-electron chi connectivity index (χ1n) is 7.65. The predicted molar refractivity (Wildman–Crippen MR) is 89.3 cm³/mol. The van der Waals surface area contributed by atoms with Crippen LogP contribution in [0.4, 0.5) is 4.79 Å². The molecule has 1 atom stereocenters. The zero-order chi connectivity index (χ0) is 16.9. The minimum atomic E-state index is -0.587. The van der Waals surface area contributed by atoms with Gasteiger partial charge in [-0.3, -0.25) is 0 Å². The van der Waals surface area contributed by atoms with Crippen LogP contribution in [0.1, 0.15) is 26.3 Å². The van der Waals surface area contributed by atoms with Gasteiger partial charge < -0.3 is 15.7 Å².